The summed E-state index contributed by atoms with van der Waals surface area (Å²) < 4.78 is 11.0. The smallest absolute Gasteiger partial charge is 0.280 e. The zero-order valence-electron chi connectivity index (χ0n) is 17.5. The van der Waals surface area contributed by atoms with Gasteiger partial charge in [0.15, 0.2) is 6.54 Å². The average Bonchev–Trinajstić information content (AvgIpc) is 3.36. The molecule has 6 nitrogen and oxygen atoms in total. The van der Waals surface area contributed by atoms with E-state index in [0.29, 0.717) is 12.1 Å². The number of fused-ring (bicyclic) bond motifs is 1. The van der Waals surface area contributed by atoms with Crippen molar-refractivity contribution in [2.75, 3.05) is 32.6 Å². The Balaban J connectivity index is 1.50. The summed E-state index contributed by atoms with van der Waals surface area (Å²) in [6.45, 7) is 1.31. The van der Waals surface area contributed by atoms with Crippen molar-refractivity contribution in [3.05, 3.63) is 39.8 Å². The molecule has 2 N–H and O–H groups in total. The van der Waals surface area contributed by atoms with Crippen molar-refractivity contribution >= 4 is 22.2 Å². The summed E-state index contributed by atoms with van der Waals surface area (Å²) >= 11 is 1.58. The molecule has 4 rings (SSSR count). The van der Waals surface area contributed by atoms with Gasteiger partial charge in [-0.1, -0.05) is 0 Å². The number of carbonyl (C=O) groups is 1. The van der Waals surface area contributed by atoms with Crippen LogP contribution in [0.1, 0.15) is 53.3 Å². The molecule has 1 saturated heterocycles. The quantitative estimate of drug-likeness (QED) is 0.745. The topological polar surface area (TPSA) is 75.8 Å². The molecule has 0 bridgehead atoms. The Kier molecular flexibility index (Phi) is 6.26. The number of likely N-dealkylation sites (tertiary alicyclic amines) is 1. The van der Waals surface area contributed by atoms with Gasteiger partial charge in [-0.05, 0) is 49.4 Å². The van der Waals surface area contributed by atoms with E-state index < -0.39 is 0 Å². The molecule has 2 aliphatic rings. The second-order valence-electron chi connectivity index (χ2n) is 7.96. The minimum absolute atomic E-state index is 0.0335. The van der Waals surface area contributed by atoms with Crippen LogP contribution in [-0.4, -0.2) is 33.2 Å². The summed E-state index contributed by atoms with van der Waals surface area (Å²) in [4.78, 5) is 15.4. The molecule has 1 aliphatic carbocycles. The van der Waals surface area contributed by atoms with Gasteiger partial charge in [0, 0.05) is 17.7 Å². The minimum atomic E-state index is -0.0335. The van der Waals surface area contributed by atoms with Crippen LogP contribution in [0, 0.1) is 11.3 Å². The predicted octanol–water partition coefficient (Wildman–Crippen LogP) is 2.87. The average molecular weight is 427 g/mol. The number of hydrogen-bond acceptors (Lipinski definition) is 5. The Bertz CT molecular complexity index is 979. The largest absolute Gasteiger partial charge is 0.497 e. The Labute approximate surface area is 181 Å². The van der Waals surface area contributed by atoms with Crippen molar-refractivity contribution in [1.29, 1.82) is 5.26 Å². The summed E-state index contributed by atoms with van der Waals surface area (Å²) in [5.74, 6) is 1.59. The summed E-state index contributed by atoms with van der Waals surface area (Å²) in [7, 11) is 3.33. The monoisotopic (exact) mass is 426 g/mol. The zero-order chi connectivity index (χ0) is 21.1. The highest BCUT2D eigenvalue weighted by Gasteiger charge is 2.34. The van der Waals surface area contributed by atoms with Gasteiger partial charge >= 0.3 is 0 Å². The number of aryl methyl sites for hydroxylation is 1. The minimum Gasteiger partial charge on any atom is -0.497 e. The molecule has 1 amide bonds. The van der Waals surface area contributed by atoms with E-state index in [4.69, 9.17) is 9.47 Å². The van der Waals surface area contributed by atoms with Crippen molar-refractivity contribution in [3.63, 3.8) is 0 Å². The van der Waals surface area contributed by atoms with Gasteiger partial charge in [0.1, 0.15) is 28.6 Å². The van der Waals surface area contributed by atoms with E-state index in [1.54, 1.807) is 25.6 Å². The Morgan fingerprint density at radius 1 is 1.27 bits per heavy atom. The molecule has 1 unspecified atom stereocenters. The lowest BCUT2D eigenvalue weighted by Crippen LogP contribution is -3.11. The Morgan fingerprint density at radius 2 is 2.10 bits per heavy atom. The number of nitriles is 1. The lowest BCUT2D eigenvalue weighted by Gasteiger charge is -2.23. The number of rotatable bonds is 6. The maximum atomic E-state index is 12.9. The normalized spacial score (nSPS) is 20.3. The molecule has 30 heavy (non-hydrogen) atoms. The summed E-state index contributed by atoms with van der Waals surface area (Å²) in [5.41, 5.74) is 2.91. The molecule has 1 aliphatic heterocycles. The van der Waals surface area contributed by atoms with E-state index in [-0.39, 0.29) is 11.9 Å². The first kappa shape index (κ1) is 20.7. The highest BCUT2D eigenvalue weighted by Crippen LogP contribution is 2.37. The number of hydrogen-bond donors (Lipinski definition) is 2. The Hall–Kier alpha value is -2.56. The molecular formula is C23H28N3O3S+. The lowest BCUT2D eigenvalue weighted by molar-refractivity contribution is -0.910. The van der Waals surface area contributed by atoms with Crippen LogP contribution < -0.4 is 19.7 Å². The molecule has 0 saturated carbocycles. The number of carbonyl (C=O) groups excluding carboxylic acids is 1. The first-order chi connectivity index (χ1) is 14.6. The number of thiophene rings is 1. The fraction of sp³-hybridized carbons (Fsp3) is 0.478. The molecule has 1 aromatic heterocycles. The van der Waals surface area contributed by atoms with Gasteiger partial charge < -0.3 is 19.7 Å². The standard InChI is InChI=1S/C23H27N3O3S/c1-28-15-9-10-20(29-2)17(12-15)19-7-5-11-26(19)14-22(27)25-23-18(13-24)16-6-3-4-8-21(16)30-23/h9-10,12,19H,3-8,11,14H2,1-2H3,(H,25,27)/p+1/t19-/m0/s1. The van der Waals surface area contributed by atoms with Gasteiger partial charge in [0.2, 0.25) is 0 Å². The second kappa shape index (κ2) is 9.07. The van der Waals surface area contributed by atoms with Crippen LogP contribution in [0.3, 0.4) is 0 Å². The number of amides is 1. The van der Waals surface area contributed by atoms with Crippen molar-refractivity contribution in [3.8, 4) is 17.6 Å². The van der Waals surface area contributed by atoms with Crippen LogP contribution in [-0.2, 0) is 17.6 Å². The van der Waals surface area contributed by atoms with Gasteiger partial charge in [-0.2, -0.15) is 5.26 Å². The summed E-state index contributed by atoms with van der Waals surface area (Å²) in [5, 5.41) is 13.4. The summed E-state index contributed by atoms with van der Waals surface area (Å²) in [6.07, 6.45) is 6.30. The number of anilines is 1. The first-order valence-corrected chi connectivity index (χ1v) is 11.4. The Morgan fingerprint density at radius 3 is 2.87 bits per heavy atom. The summed E-state index contributed by atoms with van der Waals surface area (Å²) in [6, 6.07) is 8.36. The molecule has 1 fully saturated rings. The van der Waals surface area contributed by atoms with Crippen LogP contribution in [0.4, 0.5) is 5.00 Å². The molecule has 2 aromatic rings. The number of benzene rings is 1. The third-order valence-corrected chi connectivity index (χ3v) is 7.43. The van der Waals surface area contributed by atoms with E-state index >= 15 is 0 Å². The number of methoxy groups -OCH3 is 2. The van der Waals surface area contributed by atoms with E-state index in [0.717, 1.165) is 72.7 Å². The number of quaternary nitrogens is 1. The molecule has 2 heterocycles. The fourth-order valence-corrected chi connectivity index (χ4v) is 6.02. The van der Waals surface area contributed by atoms with Crippen molar-refractivity contribution in [1.82, 2.24) is 0 Å². The lowest BCUT2D eigenvalue weighted by atomic mass is 9.96. The van der Waals surface area contributed by atoms with Crippen LogP contribution in [0.5, 0.6) is 11.5 Å². The van der Waals surface area contributed by atoms with Crippen LogP contribution >= 0.6 is 11.3 Å². The third kappa shape index (κ3) is 4.03. The van der Waals surface area contributed by atoms with Crippen LogP contribution in [0.2, 0.25) is 0 Å². The molecule has 1 aromatic carbocycles. The van der Waals surface area contributed by atoms with Gasteiger partial charge in [-0.15, -0.1) is 11.3 Å². The van der Waals surface area contributed by atoms with Gasteiger partial charge in [-0.3, -0.25) is 4.79 Å². The van der Waals surface area contributed by atoms with E-state index in [1.165, 1.54) is 9.78 Å². The van der Waals surface area contributed by atoms with Crippen molar-refractivity contribution < 1.29 is 19.2 Å². The van der Waals surface area contributed by atoms with Crippen molar-refractivity contribution in [2.45, 2.75) is 44.6 Å². The number of nitrogens with one attached hydrogen (secondary N) is 2. The number of ether oxygens (including phenoxy) is 2. The maximum absolute atomic E-state index is 12.9. The molecule has 0 radical (unpaired) electrons. The van der Waals surface area contributed by atoms with E-state index in [1.807, 2.05) is 18.2 Å². The zero-order valence-corrected chi connectivity index (χ0v) is 18.4. The highest BCUT2D eigenvalue weighted by molar-refractivity contribution is 7.16. The third-order valence-electron chi connectivity index (χ3n) is 6.22. The number of nitrogens with zero attached hydrogens (tertiary/aromatic N) is 1. The van der Waals surface area contributed by atoms with Crippen LogP contribution in [0.25, 0.3) is 0 Å². The SMILES string of the molecule is COc1ccc(OC)c([C@@H]2CCC[NH+]2CC(=O)Nc2sc3c(c2C#N)CCCC3)c1. The van der Waals surface area contributed by atoms with Crippen molar-refractivity contribution in [2.24, 2.45) is 0 Å². The first-order valence-electron chi connectivity index (χ1n) is 10.6. The maximum Gasteiger partial charge on any atom is 0.280 e. The molecular weight excluding hydrogens is 398 g/mol. The molecule has 7 heteroatoms. The van der Waals surface area contributed by atoms with Gasteiger partial charge in [0.05, 0.1) is 31.9 Å². The van der Waals surface area contributed by atoms with E-state index in [9.17, 15) is 10.1 Å². The predicted molar refractivity (Wildman–Crippen MR) is 117 cm³/mol. The molecule has 0 spiro atoms. The van der Waals surface area contributed by atoms with Gasteiger partial charge in [0.25, 0.3) is 5.91 Å². The fourth-order valence-electron chi connectivity index (χ4n) is 4.76. The van der Waals surface area contributed by atoms with Crippen LogP contribution in [0.15, 0.2) is 18.2 Å². The molecule has 2 atom stereocenters. The molecule has 158 valence electrons. The second-order valence-corrected chi connectivity index (χ2v) is 9.07. The van der Waals surface area contributed by atoms with Gasteiger partial charge in [-0.25, -0.2) is 0 Å². The van der Waals surface area contributed by atoms with E-state index in [2.05, 4.69) is 11.4 Å². The highest BCUT2D eigenvalue weighted by atomic mass is 32.1.